The lowest BCUT2D eigenvalue weighted by Gasteiger charge is -2.34. The highest BCUT2D eigenvalue weighted by Crippen LogP contribution is 2.40. The molecule has 2 aliphatic heterocycles. The summed E-state index contributed by atoms with van der Waals surface area (Å²) in [6.07, 6.45) is 7.95. The van der Waals surface area contributed by atoms with Gasteiger partial charge in [-0.2, -0.15) is 0 Å². The number of nitrogens with zero attached hydrogens (tertiary/aromatic N) is 1. The highest BCUT2D eigenvalue weighted by molar-refractivity contribution is 5.80. The summed E-state index contributed by atoms with van der Waals surface area (Å²) < 4.78 is 6.53. The number of aryl methyl sites for hydroxylation is 1. The Kier molecular flexibility index (Phi) is 4.12. The van der Waals surface area contributed by atoms with Gasteiger partial charge >= 0.3 is 0 Å². The van der Waals surface area contributed by atoms with E-state index in [0.29, 0.717) is 5.92 Å². The van der Waals surface area contributed by atoms with Gasteiger partial charge in [0, 0.05) is 12.5 Å². The molecular weight excluding hydrogens is 288 g/mol. The fraction of sp³-hybridized carbons (Fsp3) is 0.632. The Morgan fingerprint density at radius 2 is 2.00 bits per heavy atom. The van der Waals surface area contributed by atoms with Gasteiger partial charge in [-0.3, -0.25) is 9.69 Å². The molecule has 23 heavy (non-hydrogen) atoms. The first-order chi connectivity index (χ1) is 11.2. The molecule has 4 atom stereocenters. The Balaban J connectivity index is 1.54. The lowest BCUT2D eigenvalue weighted by Crippen LogP contribution is -2.44. The van der Waals surface area contributed by atoms with Crippen LogP contribution in [0.1, 0.15) is 55.6 Å². The Morgan fingerprint density at radius 3 is 2.87 bits per heavy atom. The SMILES string of the molecule is NC(=O)C1CCC2OC([C@@H]3CCCc4ccccc43)CCCN21. The van der Waals surface area contributed by atoms with Crippen molar-refractivity contribution in [3.05, 3.63) is 35.4 Å². The Bertz CT molecular complexity index is 588. The number of amides is 1. The number of hydrogen-bond acceptors (Lipinski definition) is 3. The minimum absolute atomic E-state index is 0.0779. The van der Waals surface area contributed by atoms with Crippen molar-refractivity contribution >= 4 is 5.91 Å². The van der Waals surface area contributed by atoms with Crippen LogP contribution in [0.2, 0.25) is 0 Å². The van der Waals surface area contributed by atoms with Crippen LogP contribution in [0.3, 0.4) is 0 Å². The van der Waals surface area contributed by atoms with Crippen LogP contribution >= 0.6 is 0 Å². The lowest BCUT2D eigenvalue weighted by atomic mass is 9.78. The van der Waals surface area contributed by atoms with Crippen molar-refractivity contribution in [2.24, 2.45) is 5.73 Å². The molecule has 0 spiro atoms. The third-order valence-electron chi connectivity index (χ3n) is 5.89. The van der Waals surface area contributed by atoms with E-state index in [2.05, 4.69) is 29.2 Å². The van der Waals surface area contributed by atoms with Gasteiger partial charge in [-0.05, 0) is 56.1 Å². The van der Waals surface area contributed by atoms with Crippen LogP contribution in [-0.2, 0) is 16.0 Å². The van der Waals surface area contributed by atoms with Gasteiger partial charge in [-0.15, -0.1) is 0 Å². The second-order valence-electron chi connectivity index (χ2n) is 7.20. The number of nitrogens with two attached hydrogens (primary N) is 1. The van der Waals surface area contributed by atoms with Crippen LogP contribution in [0.4, 0.5) is 0 Å². The molecular formula is C19H26N2O2. The second-order valence-corrected chi connectivity index (χ2v) is 7.20. The summed E-state index contributed by atoms with van der Waals surface area (Å²) in [7, 11) is 0. The average Bonchev–Trinajstić information content (AvgIpc) is 2.85. The Labute approximate surface area is 138 Å². The van der Waals surface area contributed by atoms with E-state index < -0.39 is 0 Å². The number of rotatable bonds is 2. The molecule has 1 amide bonds. The molecule has 0 radical (unpaired) electrons. The van der Waals surface area contributed by atoms with Crippen LogP contribution in [0.15, 0.2) is 24.3 Å². The predicted octanol–water partition coefficient (Wildman–Crippen LogP) is 2.56. The molecule has 2 N–H and O–H groups in total. The molecule has 0 aromatic heterocycles. The van der Waals surface area contributed by atoms with Crippen LogP contribution in [-0.4, -0.2) is 35.7 Å². The molecule has 4 heteroatoms. The first kappa shape index (κ1) is 15.2. The van der Waals surface area contributed by atoms with Gasteiger partial charge in [0.05, 0.1) is 12.1 Å². The number of carbonyl (C=O) groups is 1. The number of benzene rings is 1. The number of hydrogen-bond donors (Lipinski definition) is 1. The second kappa shape index (κ2) is 6.25. The van der Waals surface area contributed by atoms with Gasteiger partial charge in [0.2, 0.25) is 5.91 Å². The van der Waals surface area contributed by atoms with Crippen molar-refractivity contribution in [3.8, 4) is 0 Å². The molecule has 4 rings (SSSR count). The largest absolute Gasteiger partial charge is 0.368 e. The summed E-state index contributed by atoms with van der Waals surface area (Å²) in [5.41, 5.74) is 8.54. The minimum Gasteiger partial charge on any atom is -0.368 e. The van der Waals surface area contributed by atoms with Crippen molar-refractivity contribution in [1.82, 2.24) is 4.90 Å². The first-order valence-electron chi connectivity index (χ1n) is 9.02. The number of carbonyl (C=O) groups excluding carboxylic acids is 1. The fourth-order valence-corrected chi connectivity index (χ4v) is 4.80. The van der Waals surface area contributed by atoms with Gasteiger partial charge in [-0.1, -0.05) is 24.3 Å². The molecule has 0 saturated carbocycles. The third-order valence-corrected chi connectivity index (χ3v) is 5.89. The van der Waals surface area contributed by atoms with E-state index in [1.54, 1.807) is 0 Å². The van der Waals surface area contributed by atoms with Gasteiger partial charge < -0.3 is 10.5 Å². The van der Waals surface area contributed by atoms with E-state index in [-0.39, 0.29) is 24.3 Å². The van der Waals surface area contributed by atoms with Crippen molar-refractivity contribution in [3.63, 3.8) is 0 Å². The van der Waals surface area contributed by atoms with Crippen molar-refractivity contribution < 1.29 is 9.53 Å². The molecule has 3 unspecified atom stereocenters. The summed E-state index contributed by atoms with van der Waals surface area (Å²) >= 11 is 0. The lowest BCUT2D eigenvalue weighted by molar-refractivity contribution is -0.128. The van der Waals surface area contributed by atoms with E-state index in [1.165, 1.54) is 30.4 Å². The van der Waals surface area contributed by atoms with E-state index in [1.807, 2.05) is 0 Å². The third kappa shape index (κ3) is 2.79. The molecule has 1 aromatic carbocycles. The zero-order valence-electron chi connectivity index (χ0n) is 13.6. The van der Waals surface area contributed by atoms with Crippen LogP contribution in [0.5, 0.6) is 0 Å². The molecule has 124 valence electrons. The van der Waals surface area contributed by atoms with E-state index in [4.69, 9.17) is 10.5 Å². The van der Waals surface area contributed by atoms with Gasteiger partial charge in [0.15, 0.2) is 0 Å². The first-order valence-corrected chi connectivity index (χ1v) is 9.02. The maximum absolute atomic E-state index is 11.6. The molecule has 4 nitrogen and oxygen atoms in total. The topological polar surface area (TPSA) is 55.6 Å². The monoisotopic (exact) mass is 314 g/mol. The zero-order chi connectivity index (χ0) is 15.8. The van der Waals surface area contributed by atoms with Crippen LogP contribution in [0, 0.1) is 0 Å². The van der Waals surface area contributed by atoms with Gasteiger partial charge in [0.1, 0.15) is 6.23 Å². The molecule has 2 heterocycles. The highest BCUT2D eigenvalue weighted by atomic mass is 16.5. The Morgan fingerprint density at radius 1 is 1.13 bits per heavy atom. The summed E-state index contributed by atoms with van der Waals surface area (Å²) in [6.45, 7) is 0.934. The highest BCUT2D eigenvalue weighted by Gasteiger charge is 2.41. The average molecular weight is 314 g/mol. The Hall–Kier alpha value is -1.39. The van der Waals surface area contributed by atoms with Crippen molar-refractivity contribution in [2.75, 3.05) is 6.54 Å². The number of primary amides is 1. The van der Waals surface area contributed by atoms with E-state index in [0.717, 1.165) is 32.2 Å². The standard InChI is InChI=1S/C19H26N2O2/c20-19(22)16-10-11-18-21(16)12-4-9-17(23-18)15-8-3-6-13-5-1-2-7-14(13)15/h1-2,5,7,15-18H,3-4,6,8-12H2,(H2,20,22)/t15-,16?,17?,18?/m1/s1. The van der Waals surface area contributed by atoms with Crippen LogP contribution in [0.25, 0.3) is 0 Å². The zero-order valence-corrected chi connectivity index (χ0v) is 13.6. The maximum Gasteiger partial charge on any atom is 0.234 e. The summed E-state index contributed by atoms with van der Waals surface area (Å²) in [5, 5.41) is 0. The van der Waals surface area contributed by atoms with Crippen molar-refractivity contribution in [1.29, 1.82) is 0 Å². The molecule has 2 saturated heterocycles. The van der Waals surface area contributed by atoms with E-state index >= 15 is 0 Å². The molecule has 0 bridgehead atoms. The minimum atomic E-state index is -0.197. The fourth-order valence-electron chi connectivity index (χ4n) is 4.80. The molecule has 2 fully saturated rings. The predicted molar refractivity (Wildman–Crippen MR) is 88.9 cm³/mol. The van der Waals surface area contributed by atoms with E-state index in [9.17, 15) is 4.79 Å². The molecule has 1 aliphatic carbocycles. The van der Waals surface area contributed by atoms with Gasteiger partial charge in [0.25, 0.3) is 0 Å². The number of ether oxygens (including phenoxy) is 1. The molecule has 3 aliphatic rings. The number of fused-ring (bicyclic) bond motifs is 2. The summed E-state index contributed by atoms with van der Waals surface area (Å²) in [4.78, 5) is 13.8. The summed E-state index contributed by atoms with van der Waals surface area (Å²) in [6, 6.07) is 8.72. The van der Waals surface area contributed by atoms with Crippen LogP contribution < -0.4 is 5.73 Å². The normalized spacial score (nSPS) is 34.4. The van der Waals surface area contributed by atoms with Gasteiger partial charge in [-0.25, -0.2) is 0 Å². The molecule has 1 aromatic rings. The summed E-state index contributed by atoms with van der Waals surface area (Å²) in [5.74, 6) is 0.310. The maximum atomic E-state index is 11.6. The quantitative estimate of drug-likeness (QED) is 0.913. The van der Waals surface area contributed by atoms with Crippen molar-refractivity contribution in [2.45, 2.75) is 69.2 Å². The smallest absolute Gasteiger partial charge is 0.234 e.